The lowest BCUT2D eigenvalue weighted by atomic mass is 9.95. The van der Waals surface area contributed by atoms with Crippen molar-refractivity contribution in [1.82, 2.24) is 0 Å². The zero-order valence-electron chi connectivity index (χ0n) is 10.3. The zero-order valence-corrected chi connectivity index (χ0v) is 12.6. The van der Waals surface area contributed by atoms with Gasteiger partial charge in [0.25, 0.3) is 0 Å². The van der Waals surface area contributed by atoms with Crippen molar-refractivity contribution in [3.63, 3.8) is 0 Å². The Kier molecular flexibility index (Phi) is 4.78. The predicted octanol–water partition coefficient (Wildman–Crippen LogP) is 4.09. The number of carboxylic acid groups (broad SMARTS) is 1. The normalized spacial score (nSPS) is 21.8. The van der Waals surface area contributed by atoms with E-state index in [2.05, 4.69) is 5.32 Å². The quantitative estimate of drug-likeness (QED) is 0.874. The van der Waals surface area contributed by atoms with Crippen molar-refractivity contribution < 1.29 is 14.7 Å². The standard InChI is InChI=1S/C13H12Cl3NO3/c14-6-4-9(15)11(10(16)5-6)17-12(18)7-2-1-3-8(7)13(19)20/h4-5,7-8H,1-3H2,(H,17,18)(H,19,20). The minimum atomic E-state index is -0.948. The molecule has 1 aromatic rings. The summed E-state index contributed by atoms with van der Waals surface area (Å²) >= 11 is 17.8. The van der Waals surface area contributed by atoms with Crippen LogP contribution in [0.25, 0.3) is 0 Å². The summed E-state index contributed by atoms with van der Waals surface area (Å²) in [7, 11) is 0. The van der Waals surface area contributed by atoms with E-state index in [1.54, 1.807) is 0 Å². The fraction of sp³-hybridized carbons (Fsp3) is 0.385. The first-order valence-electron chi connectivity index (χ1n) is 6.08. The summed E-state index contributed by atoms with van der Waals surface area (Å²) in [5, 5.41) is 12.5. The lowest BCUT2D eigenvalue weighted by Gasteiger charge is -2.17. The Balaban J connectivity index is 2.18. The Bertz CT molecular complexity index is 539. The molecule has 2 rings (SSSR count). The highest BCUT2D eigenvalue weighted by Gasteiger charge is 2.38. The van der Waals surface area contributed by atoms with Gasteiger partial charge in [-0.15, -0.1) is 0 Å². The number of carbonyl (C=O) groups is 2. The monoisotopic (exact) mass is 335 g/mol. The number of nitrogens with one attached hydrogen (secondary N) is 1. The topological polar surface area (TPSA) is 66.4 Å². The molecule has 0 spiro atoms. The minimum absolute atomic E-state index is 0.223. The van der Waals surface area contributed by atoms with Gasteiger partial charge in [-0.2, -0.15) is 0 Å². The lowest BCUT2D eigenvalue weighted by molar-refractivity contribution is -0.145. The average molecular weight is 337 g/mol. The van der Waals surface area contributed by atoms with Gasteiger partial charge in [-0.3, -0.25) is 9.59 Å². The van der Waals surface area contributed by atoms with Crippen LogP contribution in [0.2, 0.25) is 15.1 Å². The molecule has 1 aliphatic carbocycles. The molecule has 108 valence electrons. The number of halogens is 3. The summed E-state index contributed by atoms with van der Waals surface area (Å²) < 4.78 is 0. The van der Waals surface area contributed by atoms with Crippen LogP contribution in [0.1, 0.15) is 19.3 Å². The molecule has 1 aliphatic rings. The number of rotatable bonds is 3. The van der Waals surface area contributed by atoms with Crippen molar-refractivity contribution in [2.75, 3.05) is 5.32 Å². The molecule has 1 saturated carbocycles. The van der Waals surface area contributed by atoms with Gasteiger partial charge < -0.3 is 10.4 Å². The van der Waals surface area contributed by atoms with Gasteiger partial charge in [0.15, 0.2) is 0 Å². The first kappa shape index (κ1) is 15.4. The molecule has 20 heavy (non-hydrogen) atoms. The molecule has 2 unspecified atom stereocenters. The summed E-state index contributed by atoms with van der Waals surface area (Å²) in [6.45, 7) is 0. The predicted molar refractivity (Wildman–Crippen MR) is 78.6 cm³/mol. The molecule has 1 fully saturated rings. The third-order valence-electron chi connectivity index (χ3n) is 3.43. The van der Waals surface area contributed by atoms with Crippen LogP contribution in [-0.4, -0.2) is 17.0 Å². The van der Waals surface area contributed by atoms with Gasteiger partial charge in [0.1, 0.15) is 0 Å². The van der Waals surface area contributed by atoms with E-state index in [9.17, 15) is 9.59 Å². The van der Waals surface area contributed by atoms with Crippen LogP contribution < -0.4 is 5.32 Å². The van der Waals surface area contributed by atoms with Crippen molar-refractivity contribution in [3.05, 3.63) is 27.2 Å². The number of benzene rings is 1. The van der Waals surface area contributed by atoms with Gasteiger partial charge in [-0.05, 0) is 25.0 Å². The number of amides is 1. The Morgan fingerprint density at radius 3 is 2.20 bits per heavy atom. The Morgan fingerprint density at radius 2 is 1.65 bits per heavy atom. The highest BCUT2D eigenvalue weighted by molar-refractivity contribution is 6.42. The summed E-state index contributed by atoms with van der Waals surface area (Å²) in [5.74, 6) is -2.54. The van der Waals surface area contributed by atoms with E-state index in [1.807, 2.05) is 0 Å². The summed E-state index contributed by atoms with van der Waals surface area (Å²) in [6.07, 6.45) is 1.78. The molecule has 7 heteroatoms. The van der Waals surface area contributed by atoms with E-state index in [4.69, 9.17) is 39.9 Å². The molecule has 2 atom stereocenters. The maximum absolute atomic E-state index is 12.2. The van der Waals surface area contributed by atoms with Gasteiger partial charge in [-0.25, -0.2) is 0 Å². The minimum Gasteiger partial charge on any atom is -0.481 e. The van der Waals surface area contributed by atoms with E-state index >= 15 is 0 Å². The van der Waals surface area contributed by atoms with Gasteiger partial charge in [0.2, 0.25) is 5.91 Å². The van der Waals surface area contributed by atoms with E-state index in [1.165, 1.54) is 12.1 Å². The number of hydrogen-bond acceptors (Lipinski definition) is 2. The van der Waals surface area contributed by atoms with E-state index in [0.29, 0.717) is 17.9 Å². The van der Waals surface area contributed by atoms with Crippen LogP contribution in [0.15, 0.2) is 12.1 Å². The second kappa shape index (κ2) is 6.20. The maximum atomic E-state index is 12.2. The molecule has 0 heterocycles. The zero-order chi connectivity index (χ0) is 14.9. The van der Waals surface area contributed by atoms with Crippen LogP contribution in [0.4, 0.5) is 5.69 Å². The molecule has 0 bridgehead atoms. The molecule has 4 nitrogen and oxygen atoms in total. The van der Waals surface area contributed by atoms with Gasteiger partial charge in [0.05, 0.1) is 27.6 Å². The average Bonchev–Trinajstić information content (AvgIpc) is 2.82. The Morgan fingerprint density at radius 1 is 1.10 bits per heavy atom. The fourth-order valence-corrected chi connectivity index (χ4v) is 3.36. The largest absolute Gasteiger partial charge is 0.481 e. The molecule has 1 aromatic carbocycles. The molecule has 0 radical (unpaired) electrons. The van der Waals surface area contributed by atoms with Crippen molar-refractivity contribution in [1.29, 1.82) is 0 Å². The van der Waals surface area contributed by atoms with Crippen LogP contribution >= 0.6 is 34.8 Å². The second-order valence-electron chi connectivity index (χ2n) is 4.72. The molecule has 0 aromatic heterocycles. The van der Waals surface area contributed by atoms with Crippen LogP contribution in [0.3, 0.4) is 0 Å². The Hall–Kier alpha value is -0.970. The van der Waals surface area contributed by atoms with Crippen molar-refractivity contribution in [2.45, 2.75) is 19.3 Å². The molecule has 2 N–H and O–H groups in total. The van der Waals surface area contributed by atoms with Gasteiger partial charge in [0, 0.05) is 5.02 Å². The van der Waals surface area contributed by atoms with E-state index < -0.39 is 17.8 Å². The van der Waals surface area contributed by atoms with Crippen molar-refractivity contribution in [3.8, 4) is 0 Å². The third-order valence-corrected chi connectivity index (χ3v) is 4.24. The van der Waals surface area contributed by atoms with Crippen LogP contribution in [0, 0.1) is 11.8 Å². The summed E-state index contributed by atoms with van der Waals surface area (Å²) in [6, 6.07) is 2.93. The first-order chi connectivity index (χ1) is 9.40. The van der Waals surface area contributed by atoms with Gasteiger partial charge >= 0.3 is 5.97 Å². The van der Waals surface area contributed by atoms with Crippen molar-refractivity contribution >= 4 is 52.4 Å². The second-order valence-corrected chi connectivity index (χ2v) is 5.97. The SMILES string of the molecule is O=C(O)C1CCCC1C(=O)Nc1c(Cl)cc(Cl)cc1Cl. The molecule has 1 amide bonds. The van der Waals surface area contributed by atoms with Crippen LogP contribution in [-0.2, 0) is 9.59 Å². The number of carbonyl (C=O) groups excluding carboxylic acids is 1. The Labute approximate surface area is 131 Å². The molecule has 0 saturated heterocycles. The summed E-state index contributed by atoms with van der Waals surface area (Å²) in [4.78, 5) is 23.3. The fourth-order valence-electron chi connectivity index (χ4n) is 2.45. The number of carboxylic acids is 1. The van der Waals surface area contributed by atoms with E-state index in [0.717, 1.165) is 6.42 Å². The molecule has 0 aliphatic heterocycles. The maximum Gasteiger partial charge on any atom is 0.307 e. The molecular weight excluding hydrogens is 325 g/mol. The van der Waals surface area contributed by atoms with E-state index in [-0.39, 0.29) is 21.6 Å². The number of anilines is 1. The van der Waals surface area contributed by atoms with Crippen molar-refractivity contribution in [2.24, 2.45) is 11.8 Å². The highest BCUT2D eigenvalue weighted by Crippen LogP contribution is 2.37. The number of hydrogen-bond donors (Lipinski definition) is 2. The number of aliphatic carboxylic acids is 1. The summed E-state index contributed by atoms with van der Waals surface area (Å²) in [5.41, 5.74) is 0.263. The van der Waals surface area contributed by atoms with Gasteiger partial charge in [-0.1, -0.05) is 41.2 Å². The lowest BCUT2D eigenvalue weighted by Crippen LogP contribution is -2.30. The highest BCUT2D eigenvalue weighted by atomic mass is 35.5. The molecular formula is C13H12Cl3NO3. The third kappa shape index (κ3) is 3.19. The smallest absolute Gasteiger partial charge is 0.307 e. The first-order valence-corrected chi connectivity index (χ1v) is 7.21. The van der Waals surface area contributed by atoms with Crippen LogP contribution in [0.5, 0.6) is 0 Å².